The minimum absolute atomic E-state index is 0.0658. The van der Waals surface area contributed by atoms with Gasteiger partial charge in [0.2, 0.25) is 0 Å². The maximum atomic E-state index is 4.80. The lowest BCUT2D eigenvalue weighted by molar-refractivity contribution is 0.764. The predicted molar refractivity (Wildman–Crippen MR) is 242 cm³/mol. The minimum atomic E-state index is 0.0658. The molecule has 11 rings (SSSR count). The van der Waals surface area contributed by atoms with Gasteiger partial charge in [0.05, 0.1) is 17.9 Å². The summed E-state index contributed by atoms with van der Waals surface area (Å²) in [6, 6.07) is 55.0. The second kappa shape index (κ2) is 13.5. The zero-order valence-electron chi connectivity index (χ0n) is 31.4. The van der Waals surface area contributed by atoms with Crippen molar-refractivity contribution in [2.45, 2.75) is 12.5 Å². The molecule has 0 fully saturated rings. The molecule has 3 aliphatic rings. The quantitative estimate of drug-likeness (QED) is 0.145. The highest BCUT2D eigenvalue weighted by Gasteiger charge is 2.25. The maximum absolute atomic E-state index is 4.80. The number of benzene rings is 7. The van der Waals surface area contributed by atoms with Crippen LogP contribution in [0.2, 0.25) is 0 Å². The fourth-order valence-electron chi connectivity index (χ4n) is 9.39. The summed E-state index contributed by atoms with van der Waals surface area (Å²) in [5.74, 6) is 0. The number of aromatic nitrogens is 1. The van der Waals surface area contributed by atoms with Crippen molar-refractivity contribution in [3.05, 3.63) is 223 Å². The summed E-state index contributed by atoms with van der Waals surface area (Å²) in [6.45, 7) is 4.80. The number of allylic oxidation sites excluding steroid dienone is 5. The number of pyridine rings is 1. The largest absolute Gasteiger partial charge is 0.333 e. The molecule has 0 saturated heterocycles. The van der Waals surface area contributed by atoms with Gasteiger partial charge in [0.1, 0.15) is 0 Å². The van der Waals surface area contributed by atoms with Crippen LogP contribution in [0.3, 0.4) is 0 Å². The van der Waals surface area contributed by atoms with Crippen LogP contribution in [0.5, 0.6) is 0 Å². The molecule has 1 aromatic heterocycles. The van der Waals surface area contributed by atoms with Crippen LogP contribution in [0, 0.1) is 0 Å². The van der Waals surface area contributed by atoms with Gasteiger partial charge in [0.25, 0.3) is 0 Å². The average Bonchev–Trinajstić information content (AvgIpc) is 3.78. The van der Waals surface area contributed by atoms with E-state index in [0.29, 0.717) is 0 Å². The lowest BCUT2D eigenvalue weighted by Gasteiger charge is -2.33. The Balaban J connectivity index is 1.06. The van der Waals surface area contributed by atoms with Gasteiger partial charge in [0, 0.05) is 11.9 Å². The van der Waals surface area contributed by atoms with Gasteiger partial charge in [-0.3, -0.25) is 4.98 Å². The van der Waals surface area contributed by atoms with E-state index in [0.717, 1.165) is 23.4 Å². The highest BCUT2D eigenvalue weighted by molar-refractivity contribution is 6.19. The molecule has 0 saturated carbocycles. The summed E-state index contributed by atoms with van der Waals surface area (Å²) >= 11 is 0. The van der Waals surface area contributed by atoms with Crippen LogP contribution in [0.15, 0.2) is 207 Å². The zero-order valence-corrected chi connectivity index (χ0v) is 31.4. The molecule has 2 nitrogen and oxygen atoms in total. The fraction of sp³-hybridized carbons (Fsp3) is 0.0364. The van der Waals surface area contributed by atoms with Crippen LogP contribution < -0.4 is 4.90 Å². The van der Waals surface area contributed by atoms with Crippen molar-refractivity contribution in [1.29, 1.82) is 0 Å². The van der Waals surface area contributed by atoms with Crippen molar-refractivity contribution in [1.82, 2.24) is 4.98 Å². The lowest BCUT2D eigenvalue weighted by Crippen LogP contribution is -2.33. The van der Waals surface area contributed by atoms with Gasteiger partial charge in [-0.15, -0.1) is 0 Å². The Bertz CT molecular complexity index is 2990. The van der Waals surface area contributed by atoms with Gasteiger partial charge in [-0.25, -0.2) is 0 Å². The molecule has 0 radical (unpaired) electrons. The van der Waals surface area contributed by atoms with E-state index in [1.807, 2.05) is 18.5 Å². The number of fused-ring (bicyclic) bond motifs is 6. The zero-order chi connectivity index (χ0) is 37.9. The molecular weight excluding hydrogens is 689 g/mol. The van der Waals surface area contributed by atoms with Crippen molar-refractivity contribution in [3.63, 3.8) is 0 Å². The van der Waals surface area contributed by atoms with Crippen LogP contribution in [-0.4, -0.2) is 11.0 Å². The predicted octanol–water partition coefficient (Wildman–Crippen LogP) is 14.2. The molecule has 3 aliphatic carbocycles. The van der Waals surface area contributed by atoms with Gasteiger partial charge < -0.3 is 4.90 Å². The second-order valence-electron chi connectivity index (χ2n) is 15.1. The molecular formula is C55H38N2. The Labute approximate surface area is 333 Å². The van der Waals surface area contributed by atoms with Crippen LogP contribution in [0.1, 0.15) is 23.1 Å². The number of anilines is 1. The van der Waals surface area contributed by atoms with E-state index in [9.17, 15) is 0 Å². The van der Waals surface area contributed by atoms with E-state index in [1.165, 1.54) is 88.3 Å². The maximum Gasteiger partial charge on any atom is 0.0602 e. The van der Waals surface area contributed by atoms with E-state index < -0.39 is 0 Å². The van der Waals surface area contributed by atoms with Crippen molar-refractivity contribution in [2.24, 2.45) is 0 Å². The molecule has 268 valence electrons. The minimum Gasteiger partial charge on any atom is -0.333 e. The van der Waals surface area contributed by atoms with Crippen molar-refractivity contribution >= 4 is 44.5 Å². The van der Waals surface area contributed by atoms with Gasteiger partial charge in [-0.1, -0.05) is 176 Å². The molecule has 57 heavy (non-hydrogen) atoms. The smallest absolute Gasteiger partial charge is 0.0602 e. The van der Waals surface area contributed by atoms with Crippen LogP contribution >= 0.6 is 0 Å². The lowest BCUT2D eigenvalue weighted by atomic mass is 9.92. The van der Waals surface area contributed by atoms with Crippen molar-refractivity contribution in [3.8, 4) is 44.5 Å². The molecule has 1 heterocycles. The molecule has 1 atom stereocenters. The van der Waals surface area contributed by atoms with Gasteiger partial charge in [0.15, 0.2) is 0 Å². The molecule has 0 bridgehead atoms. The summed E-state index contributed by atoms with van der Waals surface area (Å²) < 4.78 is 0. The fourth-order valence-corrected chi connectivity index (χ4v) is 9.39. The summed E-state index contributed by atoms with van der Waals surface area (Å²) in [6.07, 6.45) is 18.4. The Morgan fingerprint density at radius 1 is 0.596 bits per heavy atom. The highest BCUT2D eigenvalue weighted by Crippen LogP contribution is 2.50. The van der Waals surface area contributed by atoms with Crippen molar-refractivity contribution in [2.75, 3.05) is 4.90 Å². The van der Waals surface area contributed by atoms with Gasteiger partial charge >= 0.3 is 0 Å². The number of hydrogen-bond donors (Lipinski definition) is 0. The Kier molecular flexibility index (Phi) is 7.82. The third-order valence-corrected chi connectivity index (χ3v) is 12.0. The highest BCUT2D eigenvalue weighted by atomic mass is 15.2. The molecule has 0 amide bonds. The molecule has 0 spiro atoms. The van der Waals surface area contributed by atoms with E-state index in [2.05, 4.69) is 192 Å². The second-order valence-corrected chi connectivity index (χ2v) is 15.1. The van der Waals surface area contributed by atoms with Gasteiger partial charge in [-0.2, -0.15) is 0 Å². The Hall–Kier alpha value is -7.29. The monoisotopic (exact) mass is 726 g/mol. The average molecular weight is 727 g/mol. The molecule has 7 aromatic carbocycles. The van der Waals surface area contributed by atoms with E-state index in [1.54, 1.807) is 0 Å². The van der Waals surface area contributed by atoms with E-state index in [4.69, 9.17) is 6.58 Å². The Morgan fingerprint density at radius 2 is 1.21 bits per heavy atom. The molecule has 8 aromatic rings. The van der Waals surface area contributed by atoms with E-state index >= 15 is 0 Å². The topological polar surface area (TPSA) is 16.1 Å². The molecule has 0 N–H and O–H groups in total. The molecule has 0 aliphatic heterocycles. The summed E-state index contributed by atoms with van der Waals surface area (Å²) in [5.41, 5.74) is 18.2. The normalized spacial score (nSPS) is 14.9. The SMILES string of the molecule is C=C(/C=C(\C=C\c1ccc2c3c(cccc13)-c1ccccc1-2)c1ccc2c3c(cccc13)-c1ccccc1-2)N(c1cccnc1)C1C=CC(c2ccccc2)=CC1. The van der Waals surface area contributed by atoms with Crippen LogP contribution in [0.25, 0.3) is 83.3 Å². The third kappa shape index (κ3) is 5.44. The van der Waals surface area contributed by atoms with E-state index in [-0.39, 0.29) is 6.04 Å². The number of rotatable bonds is 8. The first-order chi connectivity index (χ1) is 28.2. The Morgan fingerprint density at radius 3 is 1.86 bits per heavy atom. The first-order valence-electron chi connectivity index (χ1n) is 19.7. The first-order valence-corrected chi connectivity index (χ1v) is 19.7. The third-order valence-electron chi connectivity index (χ3n) is 12.0. The molecule has 2 heteroatoms. The number of nitrogens with zero attached hydrogens (tertiary/aromatic N) is 2. The summed E-state index contributed by atoms with van der Waals surface area (Å²) in [4.78, 5) is 6.89. The van der Waals surface area contributed by atoms with Crippen molar-refractivity contribution < 1.29 is 0 Å². The number of hydrogen-bond acceptors (Lipinski definition) is 2. The van der Waals surface area contributed by atoms with Crippen LogP contribution in [-0.2, 0) is 0 Å². The standard InChI is InChI=1S/C55H38N2/c1-36(57(42-14-11-33-56-35-42)41-28-25-38(26-29-41)37-12-3-2-4-13-37)34-40(43-31-32-53-48-18-8-6-16-46(48)51-22-10-20-49(43)55(51)53)24-23-39-27-30-52-47-17-7-5-15-45(47)50-21-9-19-44(39)54(50)52/h2-28,30-35,41H,1,29H2/b24-23+,40-34+. The van der Waals surface area contributed by atoms with Gasteiger partial charge in [-0.05, 0) is 119 Å². The first kappa shape index (κ1) is 33.1. The van der Waals surface area contributed by atoms with Crippen LogP contribution in [0.4, 0.5) is 5.69 Å². The summed E-state index contributed by atoms with van der Waals surface area (Å²) in [5, 5.41) is 5.13. The summed E-state index contributed by atoms with van der Waals surface area (Å²) in [7, 11) is 0. The molecule has 1 unspecified atom stereocenters.